The van der Waals surface area contributed by atoms with E-state index in [1.165, 1.54) is 36.4 Å². The van der Waals surface area contributed by atoms with Gasteiger partial charge in [0.25, 0.3) is 0 Å². The molecule has 1 N–H and O–H groups in total. The molecule has 5 nitrogen and oxygen atoms in total. The fraction of sp³-hybridized carbons (Fsp3) is 0. The fourth-order valence-corrected chi connectivity index (χ4v) is 1.68. The molecule has 0 aliphatic heterocycles. The summed E-state index contributed by atoms with van der Waals surface area (Å²) in [6.07, 6.45) is 0. The van der Waals surface area contributed by atoms with E-state index in [4.69, 9.17) is 5.11 Å². The molecule has 0 atom stereocenters. The van der Waals surface area contributed by atoms with Crippen LogP contribution in [0.5, 0.6) is 5.75 Å². The summed E-state index contributed by atoms with van der Waals surface area (Å²) in [7, 11) is 0. The maximum Gasteiger partial charge on any atom is 0.335 e. The van der Waals surface area contributed by atoms with Gasteiger partial charge in [0, 0.05) is 0 Å². The predicted octanol–water partition coefficient (Wildman–Crippen LogP) is 0.489. The van der Waals surface area contributed by atoms with Crippen molar-refractivity contribution in [3.8, 4) is 16.9 Å². The van der Waals surface area contributed by atoms with Crippen molar-refractivity contribution < 1.29 is 24.9 Å². The summed E-state index contributed by atoms with van der Waals surface area (Å²) in [5.74, 6) is -2.92. The van der Waals surface area contributed by atoms with Crippen LogP contribution in [0, 0.1) is 0 Å². The lowest BCUT2D eigenvalue weighted by Crippen LogP contribution is -2.22. The van der Waals surface area contributed by atoms with Gasteiger partial charge in [-0.25, -0.2) is 4.79 Å². The number of carboxylic acid groups (broad SMARTS) is 2. The number of carboxylic acids is 2. The summed E-state index contributed by atoms with van der Waals surface area (Å²) in [5.41, 5.74) is 0.764. The maximum absolute atomic E-state index is 11.8. The maximum atomic E-state index is 11.8. The molecule has 2 aromatic carbocycles. The molecule has 96 valence electrons. The van der Waals surface area contributed by atoms with Gasteiger partial charge < -0.3 is 20.1 Å². The third-order valence-corrected chi connectivity index (χ3v) is 2.66. The molecule has 0 aliphatic carbocycles. The van der Waals surface area contributed by atoms with Gasteiger partial charge in [0.05, 0.1) is 11.5 Å². The van der Waals surface area contributed by atoms with Crippen molar-refractivity contribution in [2.75, 3.05) is 0 Å². The standard InChI is InChI=1S/C14H10O5/c15-12-7-10(14(18)19)5-6-11(12)8-1-3-9(4-2-8)13(16)17/h1-7,15H,(H,16,17)(H,18,19)/p-2. The third-order valence-electron chi connectivity index (χ3n) is 2.66. The number of hydrogen-bond donors (Lipinski definition) is 1. The minimum absolute atomic E-state index is 0.113. The van der Waals surface area contributed by atoms with Crippen LogP contribution in [0.3, 0.4) is 0 Å². The highest BCUT2D eigenvalue weighted by Crippen LogP contribution is 2.28. The molecule has 2 aromatic rings. The van der Waals surface area contributed by atoms with E-state index in [0.29, 0.717) is 11.1 Å². The Morgan fingerprint density at radius 2 is 1.53 bits per heavy atom. The first-order valence-corrected chi connectivity index (χ1v) is 5.35. The number of carbonyl (C=O) groups is 2. The highest BCUT2D eigenvalue weighted by molar-refractivity contribution is 5.89. The van der Waals surface area contributed by atoms with Crippen LogP contribution in [-0.2, 0) is 0 Å². The molecule has 0 aliphatic rings. The fourth-order valence-electron chi connectivity index (χ4n) is 1.68. The SMILES string of the molecule is O=C([O-])c1ccc(-c2ccc(C(=O)O)cc2)c([O-])c1. The van der Waals surface area contributed by atoms with Crippen LogP contribution >= 0.6 is 0 Å². The zero-order valence-corrected chi connectivity index (χ0v) is 9.62. The van der Waals surface area contributed by atoms with E-state index in [9.17, 15) is 19.8 Å². The van der Waals surface area contributed by atoms with Crippen molar-refractivity contribution in [2.24, 2.45) is 0 Å². The van der Waals surface area contributed by atoms with Gasteiger partial charge in [-0.15, -0.1) is 5.75 Å². The number of hydrogen-bond acceptors (Lipinski definition) is 4. The van der Waals surface area contributed by atoms with Crippen molar-refractivity contribution in [3.05, 3.63) is 53.6 Å². The van der Waals surface area contributed by atoms with Crippen molar-refractivity contribution in [3.63, 3.8) is 0 Å². The molecule has 0 fully saturated rings. The predicted molar refractivity (Wildman–Crippen MR) is 62.6 cm³/mol. The van der Waals surface area contributed by atoms with Gasteiger partial charge >= 0.3 is 5.97 Å². The number of rotatable bonds is 3. The molecule has 0 unspecified atom stereocenters. The molecule has 0 saturated carbocycles. The average molecular weight is 256 g/mol. The minimum atomic E-state index is -1.41. The van der Waals surface area contributed by atoms with E-state index in [-0.39, 0.29) is 11.1 Å². The summed E-state index contributed by atoms with van der Waals surface area (Å²) in [6, 6.07) is 9.39. The highest BCUT2D eigenvalue weighted by atomic mass is 16.4. The monoisotopic (exact) mass is 256 g/mol. The van der Waals surface area contributed by atoms with Crippen LogP contribution in [0.2, 0.25) is 0 Å². The molecule has 0 aromatic heterocycles. The van der Waals surface area contributed by atoms with Crippen molar-refractivity contribution in [2.45, 2.75) is 0 Å². The Bertz CT molecular complexity index is 643. The van der Waals surface area contributed by atoms with Crippen LogP contribution in [0.4, 0.5) is 0 Å². The van der Waals surface area contributed by atoms with Crippen molar-refractivity contribution >= 4 is 11.9 Å². The van der Waals surface area contributed by atoms with Crippen LogP contribution in [0.25, 0.3) is 11.1 Å². The van der Waals surface area contributed by atoms with Crippen LogP contribution in [-0.4, -0.2) is 17.0 Å². The van der Waals surface area contributed by atoms with Gasteiger partial charge in [0.15, 0.2) is 0 Å². The Labute approximate surface area is 108 Å². The van der Waals surface area contributed by atoms with E-state index >= 15 is 0 Å². The number of benzene rings is 2. The first-order valence-electron chi connectivity index (χ1n) is 5.35. The topological polar surface area (TPSA) is 100 Å². The van der Waals surface area contributed by atoms with E-state index in [1.54, 1.807) is 0 Å². The smallest absolute Gasteiger partial charge is 0.335 e. The Kier molecular flexibility index (Phi) is 3.20. The van der Waals surface area contributed by atoms with Gasteiger partial charge in [0.2, 0.25) is 0 Å². The zero-order chi connectivity index (χ0) is 14.0. The van der Waals surface area contributed by atoms with Crippen LogP contribution in [0.15, 0.2) is 42.5 Å². The lowest BCUT2D eigenvalue weighted by molar-refractivity contribution is -0.268. The van der Waals surface area contributed by atoms with Gasteiger partial charge in [-0.2, -0.15) is 0 Å². The first-order chi connectivity index (χ1) is 8.99. The molecular weight excluding hydrogens is 248 g/mol. The Morgan fingerprint density at radius 3 is 2.00 bits per heavy atom. The van der Waals surface area contributed by atoms with Gasteiger partial charge in [-0.3, -0.25) is 0 Å². The lowest BCUT2D eigenvalue weighted by Gasteiger charge is -2.16. The zero-order valence-electron chi connectivity index (χ0n) is 9.62. The molecule has 0 amide bonds. The first kappa shape index (κ1) is 12.6. The molecule has 0 spiro atoms. The second-order valence-corrected chi connectivity index (χ2v) is 3.88. The lowest BCUT2D eigenvalue weighted by atomic mass is 10.0. The summed E-state index contributed by atoms with van der Waals surface area (Å²) >= 11 is 0. The second kappa shape index (κ2) is 4.81. The molecule has 2 rings (SSSR count). The van der Waals surface area contributed by atoms with Gasteiger partial charge in [-0.1, -0.05) is 30.3 Å². The Hall–Kier alpha value is -2.82. The second-order valence-electron chi connectivity index (χ2n) is 3.88. The summed E-state index contributed by atoms with van der Waals surface area (Å²) in [6.45, 7) is 0. The number of carbonyl (C=O) groups excluding carboxylic acids is 1. The van der Waals surface area contributed by atoms with Crippen LogP contribution in [0.1, 0.15) is 20.7 Å². The third kappa shape index (κ3) is 2.55. The molecule has 0 saturated heterocycles. The van der Waals surface area contributed by atoms with Crippen molar-refractivity contribution in [1.29, 1.82) is 0 Å². The van der Waals surface area contributed by atoms with E-state index in [0.717, 1.165) is 6.07 Å². The molecule has 0 radical (unpaired) electrons. The highest BCUT2D eigenvalue weighted by Gasteiger charge is 2.04. The Balaban J connectivity index is 2.41. The quantitative estimate of drug-likeness (QED) is 0.861. The average Bonchev–Trinajstić information content (AvgIpc) is 2.38. The normalized spacial score (nSPS) is 10.1. The van der Waals surface area contributed by atoms with E-state index < -0.39 is 17.7 Å². The number of aromatic carboxylic acids is 2. The van der Waals surface area contributed by atoms with Gasteiger partial charge in [0.1, 0.15) is 0 Å². The molecule has 19 heavy (non-hydrogen) atoms. The van der Waals surface area contributed by atoms with E-state index in [2.05, 4.69) is 0 Å². The summed E-state index contributed by atoms with van der Waals surface area (Å²) < 4.78 is 0. The molecule has 0 bridgehead atoms. The molecule has 0 heterocycles. The molecular formula is C14H8O5-2. The van der Waals surface area contributed by atoms with Crippen molar-refractivity contribution in [1.82, 2.24) is 0 Å². The van der Waals surface area contributed by atoms with E-state index in [1.807, 2.05) is 0 Å². The minimum Gasteiger partial charge on any atom is -0.872 e. The van der Waals surface area contributed by atoms with Crippen LogP contribution < -0.4 is 10.2 Å². The summed E-state index contributed by atoms with van der Waals surface area (Å²) in [4.78, 5) is 21.3. The summed E-state index contributed by atoms with van der Waals surface area (Å²) in [5, 5.41) is 31.1. The Morgan fingerprint density at radius 1 is 0.947 bits per heavy atom. The largest absolute Gasteiger partial charge is 0.872 e. The van der Waals surface area contributed by atoms with Gasteiger partial charge in [-0.05, 0) is 28.8 Å². The molecule has 5 heteroatoms.